The van der Waals surface area contributed by atoms with E-state index in [2.05, 4.69) is 20.9 Å². The van der Waals surface area contributed by atoms with Crippen LogP contribution in [0.25, 0.3) is 0 Å². The van der Waals surface area contributed by atoms with Crippen LogP contribution in [0.3, 0.4) is 0 Å². The van der Waals surface area contributed by atoms with Gasteiger partial charge in [0, 0.05) is 51.6 Å². The first-order valence-electron chi connectivity index (χ1n) is 7.91. The second-order valence-electron chi connectivity index (χ2n) is 5.80. The Labute approximate surface area is 136 Å². The molecule has 0 bridgehead atoms. The summed E-state index contributed by atoms with van der Waals surface area (Å²) < 4.78 is 18.3. The van der Waals surface area contributed by atoms with Crippen LogP contribution in [0.1, 0.15) is 11.1 Å². The van der Waals surface area contributed by atoms with Crippen LogP contribution in [0.2, 0.25) is 0 Å². The number of rotatable bonds is 5. The molecule has 0 amide bonds. The summed E-state index contributed by atoms with van der Waals surface area (Å²) in [5.74, 6) is 0.857. The Morgan fingerprint density at radius 3 is 2.78 bits per heavy atom. The molecular formula is C18H22FN3O. The molecule has 0 saturated heterocycles. The maximum atomic E-state index is 13.1. The lowest BCUT2D eigenvalue weighted by Crippen LogP contribution is -2.33. The second-order valence-corrected chi connectivity index (χ2v) is 5.80. The van der Waals surface area contributed by atoms with Crippen molar-refractivity contribution < 1.29 is 9.13 Å². The smallest absolute Gasteiger partial charge is 0.133 e. The highest BCUT2D eigenvalue weighted by Crippen LogP contribution is 2.23. The maximum Gasteiger partial charge on any atom is 0.133 e. The number of methoxy groups -OCH3 is 1. The van der Waals surface area contributed by atoms with Crippen molar-refractivity contribution in [3.05, 3.63) is 59.5 Å². The Bertz CT molecular complexity index is 632. The van der Waals surface area contributed by atoms with Gasteiger partial charge in [0.05, 0.1) is 6.61 Å². The van der Waals surface area contributed by atoms with Gasteiger partial charge in [0.25, 0.3) is 0 Å². The first kappa shape index (κ1) is 15.9. The molecule has 0 saturated carbocycles. The molecule has 4 nitrogen and oxygen atoms in total. The number of halogens is 1. The fourth-order valence-corrected chi connectivity index (χ4v) is 2.93. The number of aromatic nitrogens is 1. The predicted octanol–water partition coefficient (Wildman–Crippen LogP) is 2.69. The van der Waals surface area contributed by atoms with E-state index >= 15 is 0 Å². The number of anilines is 1. The van der Waals surface area contributed by atoms with E-state index < -0.39 is 0 Å². The molecule has 0 atom stereocenters. The predicted molar refractivity (Wildman–Crippen MR) is 88.8 cm³/mol. The first-order chi connectivity index (χ1) is 11.3. The largest absolute Gasteiger partial charge is 0.383 e. The Morgan fingerprint density at radius 1 is 1.17 bits per heavy atom. The third kappa shape index (κ3) is 4.06. The molecule has 0 radical (unpaired) electrons. The highest BCUT2D eigenvalue weighted by molar-refractivity contribution is 5.47. The van der Waals surface area contributed by atoms with Crippen LogP contribution in [0.4, 0.5) is 10.2 Å². The topological polar surface area (TPSA) is 28.6 Å². The number of hydrogen-bond donors (Lipinski definition) is 0. The molecule has 0 aliphatic carbocycles. The van der Waals surface area contributed by atoms with E-state index in [-0.39, 0.29) is 5.82 Å². The van der Waals surface area contributed by atoms with Crippen molar-refractivity contribution >= 4 is 5.82 Å². The second kappa shape index (κ2) is 7.53. The van der Waals surface area contributed by atoms with Crippen molar-refractivity contribution in [2.75, 3.05) is 38.3 Å². The van der Waals surface area contributed by atoms with Gasteiger partial charge in [0.1, 0.15) is 11.6 Å². The maximum absolute atomic E-state index is 13.1. The van der Waals surface area contributed by atoms with Gasteiger partial charge >= 0.3 is 0 Å². The number of pyridine rings is 1. The number of benzene rings is 1. The molecule has 5 heteroatoms. The Morgan fingerprint density at radius 2 is 2.00 bits per heavy atom. The van der Waals surface area contributed by atoms with Gasteiger partial charge < -0.3 is 9.64 Å². The quantitative estimate of drug-likeness (QED) is 0.848. The van der Waals surface area contributed by atoms with Crippen LogP contribution in [-0.4, -0.2) is 43.2 Å². The van der Waals surface area contributed by atoms with Crippen LogP contribution < -0.4 is 4.90 Å². The van der Waals surface area contributed by atoms with Gasteiger partial charge in [-0.1, -0.05) is 18.2 Å². The minimum absolute atomic E-state index is 0.190. The normalized spacial score (nSPS) is 15.3. The van der Waals surface area contributed by atoms with Crippen molar-refractivity contribution in [2.24, 2.45) is 0 Å². The molecule has 0 N–H and O–H groups in total. The fraction of sp³-hybridized carbons (Fsp3) is 0.389. The minimum atomic E-state index is -0.190. The standard InChI is InChI=1S/C18H22FN3O/c1-23-12-11-22-10-9-21(13-15-4-6-17(19)7-5-15)14-16-3-2-8-20-18(16)22/h2-8H,9-14H2,1H3. The minimum Gasteiger partial charge on any atom is -0.383 e. The molecule has 1 aromatic carbocycles. The van der Waals surface area contributed by atoms with Gasteiger partial charge in [0.2, 0.25) is 0 Å². The summed E-state index contributed by atoms with van der Waals surface area (Å²) in [4.78, 5) is 9.22. The van der Waals surface area contributed by atoms with Crippen molar-refractivity contribution in [2.45, 2.75) is 13.1 Å². The Kier molecular flexibility index (Phi) is 5.20. The summed E-state index contributed by atoms with van der Waals surface area (Å²) >= 11 is 0. The van der Waals surface area contributed by atoms with Gasteiger partial charge in [-0.15, -0.1) is 0 Å². The summed E-state index contributed by atoms with van der Waals surface area (Å²) in [5.41, 5.74) is 2.35. The van der Waals surface area contributed by atoms with Gasteiger partial charge in [-0.25, -0.2) is 9.37 Å². The third-order valence-corrected chi connectivity index (χ3v) is 4.13. The zero-order chi connectivity index (χ0) is 16.1. The van der Waals surface area contributed by atoms with Gasteiger partial charge in [-0.3, -0.25) is 4.90 Å². The van der Waals surface area contributed by atoms with E-state index in [4.69, 9.17) is 4.74 Å². The van der Waals surface area contributed by atoms with Gasteiger partial charge in [-0.05, 0) is 23.8 Å². The van der Waals surface area contributed by atoms with E-state index in [0.29, 0.717) is 6.61 Å². The lowest BCUT2D eigenvalue weighted by atomic mass is 10.2. The van der Waals surface area contributed by atoms with Crippen LogP contribution in [0.15, 0.2) is 42.6 Å². The zero-order valence-corrected chi connectivity index (χ0v) is 13.4. The third-order valence-electron chi connectivity index (χ3n) is 4.13. The summed E-state index contributed by atoms with van der Waals surface area (Å²) in [6.07, 6.45) is 1.84. The van der Waals surface area contributed by atoms with Gasteiger partial charge in [0.15, 0.2) is 0 Å². The average Bonchev–Trinajstić information content (AvgIpc) is 2.74. The average molecular weight is 315 g/mol. The SMILES string of the molecule is COCCN1CCN(Cc2ccc(F)cc2)Cc2cccnc21. The molecule has 0 fully saturated rings. The molecule has 1 aliphatic rings. The van der Waals surface area contributed by atoms with Crippen LogP contribution in [0, 0.1) is 5.82 Å². The number of fused-ring (bicyclic) bond motifs is 1. The van der Waals surface area contributed by atoms with E-state index in [1.165, 1.54) is 17.7 Å². The summed E-state index contributed by atoms with van der Waals surface area (Å²) in [6.45, 7) is 5.04. The van der Waals surface area contributed by atoms with Crippen molar-refractivity contribution in [3.63, 3.8) is 0 Å². The molecule has 3 rings (SSSR count). The van der Waals surface area contributed by atoms with E-state index in [0.717, 1.165) is 44.1 Å². The summed E-state index contributed by atoms with van der Waals surface area (Å²) in [7, 11) is 1.72. The van der Waals surface area contributed by atoms with E-state index in [9.17, 15) is 4.39 Å². The van der Waals surface area contributed by atoms with Crippen LogP contribution in [-0.2, 0) is 17.8 Å². The molecular weight excluding hydrogens is 293 g/mol. The molecule has 1 aromatic heterocycles. The number of ether oxygens (including phenoxy) is 1. The molecule has 2 aromatic rings. The van der Waals surface area contributed by atoms with Crippen molar-refractivity contribution in [1.29, 1.82) is 0 Å². The lowest BCUT2D eigenvalue weighted by molar-refractivity contribution is 0.203. The number of hydrogen-bond acceptors (Lipinski definition) is 4. The molecule has 122 valence electrons. The van der Waals surface area contributed by atoms with Crippen molar-refractivity contribution in [1.82, 2.24) is 9.88 Å². The van der Waals surface area contributed by atoms with Gasteiger partial charge in [-0.2, -0.15) is 0 Å². The zero-order valence-electron chi connectivity index (χ0n) is 13.4. The summed E-state index contributed by atoms with van der Waals surface area (Å²) in [6, 6.07) is 10.9. The highest BCUT2D eigenvalue weighted by atomic mass is 19.1. The molecule has 23 heavy (non-hydrogen) atoms. The Hall–Kier alpha value is -1.98. The van der Waals surface area contributed by atoms with Crippen LogP contribution in [0.5, 0.6) is 0 Å². The lowest BCUT2D eigenvalue weighted by Gasteiger charge is -2.23. The van der Waals surface area contributed by atoms with Crippen LogP contribution >= 0.6 is 0 Å². The fourth-order valence-electron chi connectivity index (χ4n) is 2.93. The van der Waals surface area contributed by atoms with E-state index in [1.807, 2.05) is 24.4 Å². The molecule has 0 spiro atoms. The first-order valence-corrected chi connectivity index (χ1v) is 7.91. The summed E-state index contributed by atoms with van der Waals surface area (Å²) in [5, 5.41) is 0. The van der Waals surface area contributed by atoms with Crippen molar-refractivity contribution in [3.8, 4) is 0 Å². The molecule has 0 unspecified atom stereocenters. The number of nitrogens with zero attached hydrogens (tertiary/aromatic N) is 3. The Balaban J connectivity index is 1.75. The van der Waals surface area contributed by atoms with E-state index in [1.54, 1.807) is 7.11 Å². The molecule has 2 heterocycles. The highest BCUT2D eigenvalue weighted by Gasteiger charge is 2.20. The monoisotopic (exact) mass is 315 g/mol. The molecule has 1 aliphatic heterocycles.